The molecule has 1 aromatic heterocycles. The van der Waals surface area contributed by atoms with Gasteiger partial charge in [0.15, 0.2) is 0 Å². The van der Waals surface area contributed by atoms with Crippen molar-refractivity contribution in [3.8, 4) is 17.0 Å². The van der Waals surface area contributed by atoms with Gasteiger partial charge >= 0.3 is 0 Å². The molecule has 0 unspecified atom stereocenters. The number of ether oxygens (including phenoxy) is 1. The highest BCUT2D eigenvalue weighted by Crippen LogP contribution is 2.33. The average molecular weight is 259 g/mol. The molecule has 4 rings (SSSR count). The van der Waals surface area contributed by atoms with E-state index in [1.165, 1.54) is 16.5 Å². The summed E-state index contributed by atoms with van der Waals surface area (Å²) < 4.78 is 5.29. The molecule has 1 aliphatic rings. The summed E-state index contributed by atoms with van der Waals surface area (Å²) in [6.07, 6.45) is 4.30. The fourth-order valence-corrected chi connectivity index (χ4v) is 2.73. The standard InChI is InChI=1S/C18H13NO/c1-20-15-6-2-5-13(10-15)17-11-14-9-8-12-4-3-7-16(19-17)18(12)14/h2-11H,1H3. The van der Waals surface area contributed by atoms with Crippen LogP contribution in [0.15, 0.2) is 48.5 Å². The minimum absolute atomic E-state index is 0.852. The number of aromatic nitrogens is 1. The van der Waals surface area contributed by atoms with Gasteiger partial charge < -0.3 is 4.74 Å². The highest BCUT2D eigenvalue weighted by Gasteiger charge is 2.12. The molecule has 0 amide bonds. The molecule has 1 heterocycles. The number of nitrogens with zero attached hydrogens (tertiary/aromatic N) is 1. The SMILES string of the molecule is COc1cccc(-c2cc3c4c(cccc4n2)C=C3)c1. The van der Waals surface area contributed by atoms with Crippen LogP contribution in [0.2, 0.25) is 0 Å². The Balaban J connectivity index is 1.96. The first-order valence-electron chi connectivity index (χ1n) is 6.61. The molecule has 0 N–H and O–H groups in total. The predicted molar refractivity (Wildman–Crippen MR) is 82.7 cm³/mol. The van der Waals surface area contributed by atoms with Gasteiger partial charge in [-0.15, -0.1) is 0 Å². The molecule has 0 fully saturated rings. The summed E-state index contributed by atoms with van der Waals surface area (Å²) >= 11 is 0. The van der Waals surface area contributed by atoms with Crippen molar-refractivity contribution in [2.75, 3.05) is 7.11 Å². The minimum atomic E-state index is 0.852. The lowest BCUT2D eigenvalue weighted by atomic mass is 10.0. The molecule has 0 aliphatic heterocycles. The lowest BCUT2D eigenvalue weighted by Gasteiger charge is -2.07. The summed E-state index contributed by atoms with van der Waals surface area (Å²) in [5.74, 6) is 0.852. The van der Waals surface area contributed by atoms with E-state index in [2.05, 4.69) is 42.5 Å². The van der Waals surface area contributed by atoms with Gasteiger partial charge in [0, 0.05) is 10.9 Å². The highest BCUT2D eigenvalue weighted by atomic mass is 16.5. The van der Waals surface area contributed by atoms with E-state index in [-0.39, 0.29) is 0 Å². The number of methoxy groups -OCH3 is 1. The molecule has 2 aromatic carbocycles. The molecule has 96 valence electrons. The zero-order valence-corrected chi connectivity index (χ0v) is 11.1. The fourth-order valence-electron chi connectivity index (χ4n) is 2.73. The normalized spacial score (nSPS) is 12.1. The van der Waals surface area contributed by atoms with Crippen LogP contribution in [0.5, 0.6) is 5.75 Å². The highest BCUT2D eigenvalue weighted by molar-refractivity contribution is 6.04. The molecule has 0 saturated heterocycles. The first kappa shape index (κ1) is 11.2. The predicted octanol–water partition coefficient (Wildman–Crippen LogP) is 4.39. The molecule has 3 aromatic rings. The Kier molecular flexibility index (Phi) is 2.36. The monoisotopic (exact) mass is 259 g/mol. The zero-order chi connectivity index (χ0) is 13.5. The number of hydrogen-bond donors (Lipinski definition) is 0. The van der Waals surface area contributed by atoms with Gasteiger partial charge in [-0.05, 0) is 35.4 Å². The van der Waals surface area contributed by atoms with E-state index in [0.29, 0.717) is 0 Å². The van der Waals surface area contributed by atoms with E-state index in [1.807, 2.05) is 18.2 Å². The van der Waals surface area contributed by atoms with E-state index in [9.17, 15) is 0 Å². The van der Waals surface area contributed by atoms with Crippen molar-refractivity contribution in [3.63, 3.8) is 0 Å². The van der Waals surface area contributed by atoms with Gasteiger partial charge in [-0.1, -0.05) is 36.4 Å². The van der Waals surface area contributed by atoms with E-state index < -0.39 is 0 Å². The Labute approximate surface area is 117 Å². The van der Waals surface area contributed by atoms with Gasteiger partial charge in [0.1, 0.15) is 5.75 Å². The third kappa shape index (κ3) is 1.62. The van der Waals surface area contributed by atoms with Crippen LogP contribution in [-0.2, 0) is 0 Å². The summed E-state index contributed by atoms with van der Waals surface area (Å²) in [5, 5.41) is 1.25. The van der Waals surface area contributed by atoms with Gasteiger partial charge in [-0.25, -0.2) is 4.98 Å². The summed E-state index contributed by atoms with van der Waals surface area (Å²) in [4.78, 5) is 4.79. The Hall–Kier alpha value is -2.61. The van der Waals surface area contributed by atoms with Crippen LogP contribution in [0, 0.1) is 0 Å². The summed E-state index contributed by atoms with van der Waals surface area (Å²) in [6.45, 7) is 0. The molecule has 0 radical (unpaired) electrons. The second kappa shape index (κ2) is 4.20. The van der Waals surface area contributed by atoms with Gasteiger partial charge in [0.05, 0.1) is 18.3 Å². The molecular formula is C18H13NO. The van der Waals surface area contributed by atoms with Gasteiger partial charge in [-0.2, -0.15) is 0 Å². The number of hydrogen-bond acceptors (Lipinski definition) is 2. The maximum absolute atomic E-state index is 5.29. The Morgan fingerprint density at radius 3 is 2.65 bits per heavy atom. The minimum Gasteiger partial charge on any atom is -0.497 e. The van der Waals surface area contributed by atoms with Crippen LogP contribution in [0.3, 0.4) is 0 Å². The number of benzene rings is 2. The summed E-state index contributed by atoms with van der Waals surface area (Å²) in [5.41, 5.74) is 5.59. The smallest absolute Gasteiger partial charge is 0.119 e. The van der Waals surface area contributed by atoms with Crippen molar-refractivity contribution in [2.45, 2.75) is 0 Å². The lowest BCUT2D eigenvalue weighted by Crippen LogP contribution is -1.89. The molecule has 2 heteroatoms. The molecule has 0 spiro atoms. The number of pyridine rings is 1. The summed E-state index contributed by atoms with van der Waals surface area (Å²) in [6, 6.07) is 16.4. The molecular weight excluding hydrogens is 246 g/mol. The van der Waals surface area contributed by atoms with Crippen LogP contribution in [0.25, 0.3) is 34.3 Å². The van der Waals surface area contributed by atoms with Crippen molar-refractivity contribution >= 4 is 23.1 Å². The van der Waals surface area contributed by atoms with Crippen molar-refractivity contribution < 1.29 is 4.74 Å². The van der Waals surface area contributed by atoms with E-state index >= 15 is 0 Å². The van der Waals surface area contributed by atoms with Gasteiger partial charge in [0.2, 0.25) is 0 Å². The second-order valence-corrected chi connectivity index (χ2v) is 4.90. The van der Waals surface area contributed by atoms with Crippen molar-refractivity contribution in [1.29, 1.82) is 0 Å². The maximum atomic E-state index is 5.29. The summed E-state index contributed by atoms with van der Waals surface area (Å²) in [7, 11) is 1.68. The van der Waals surface area contributed by atoms with Crippen LogP contribution in [0.1, 0.15) is 11.1 Å². The molecule has 0 bridgehead atoms. The van der Waals surface area contributed by atoms with Crippen LogP contribution in [0.4, 0.5) is 0 Å². The fraction of sp³-hybridized carbons (Fsp3) is 0.0556. The quantitative estimate of drug-likeness (QED) is 0.532. The average Bonchev–Trinajstić information content (AvgIpc) is 2.92. The maximum Gasteiger partial charge on any atom is 0.119 e. The Bertz CT molecular complexity index is 849. The number of rotatable bonds is 2. The van der Waals surface area contributed by atoms with E-state index in [0.717, 1.165) is 22.5 Å². The lowest BCUT2D eigenvalue weighted by molar-refractivity contribution is 0.415. The van der Waals surface area contributed by atoms with Crippen LogP contribution >= 0.6 is 0 Å². The zero-order valence-electron chi connectivity index (χ0n) is 11.1. The van der Waals surface area contributed by atoms with Crippen molar-refractivity contribution in [1.82, 2.24) is 4.98 Å². The van der Waals surface area contributed by atoms with Gasteiger partial charge in [0.25, 0.3) is 0 Å². The third-order valence-electron chi connectivity index (χ3n) is 3.70. The van der Waals surface area contributed by atoms with Gasteiger partial charge in [-0.3, -0.25) is 0 Å². The molecule has 0 saturated carbocycles. The third-order valence-corrected chi connectivity index (χ3v) is 3.70. The molecule has 20 heavy (non-hydrogen) atoms. The second-order valence-electron chi connectivity index (χ2n) is 4.90. The Morgan fingerprint density at radius 1 is 0.900 bits per heavy atom. The Morgan fingerprint density at radius 2 is 1.75 bits per heavy atom. The van der Waals surface area contributed by atoms with Crippen LogP contribution in [-0.4, -0.2) is 12.1 Å². The molecule has 2 nitrogen and oxygen atoms in total. The van der Waals surface area contributed by atoms with Crippen molar-refractivity contribution in [2.24, 2.45) is 0 Å². The first-order valence-corrected chi connectivity index (χ1v) is 6.61. The van der Waals surface area contributed by atoms with Crippen molar-refractivity contribution in [3.05, 3.63) is 59.7 Å². The first-order chi connectivity index (χ1) is 9.85. The largest absolute Gasteiger partial charge is 0.497 e. The van der Waals surface area contributed by atoms with E-state index in [4.69, 9.17) is 9.72 Å². The van der Waals surface area contributed by atoms with Crippen LogP contribution < -0.4 is 4.74 Å². The topological polar surface area (TPSA) is 22.1 Å². The molecule has 0 atom stereocenters. The van der Waals surface area contributed by atoms with E-state index in [1.54, 1.807) is 7.11 Å². The molecule has 1 aliphatic carbocycles.